The Morgan fingerprint density at radius 1 is 1.56 bits per heavy atom. The first-order chi connectivity index (χ1) is 7.65. The molecule has 0 aliphatic heterocycles. The van der Waals surface area contributed by atoms with Crippen LogP contribution in [-0.2, 0) is 4.74 Å². The predicted molar refractivity (Wildman–Crippen MR) is 64.6 cm³/mol. The van der Waals surface area contributed by atoms with Gasteiger partial charge in [0.05, 0.1) is 4.47 Å². The summed E-state index contributed by atoms with van der Waals surface area (Å²) in [6.45, 7) is 1.18. The van der Waals surface area contributed by atoms with E-state index in [4.69, 9.17) is 4.74 Å². The molecule has 1 rings (SSSR count). The molecule has 0 bridgehead atoms. The number of hydrogen-bond donors (Lipinski definition) is 2. The molecule has 0 saturated heterocycles. The molecule has 0 heterocycles. The number of rotatable bonds is 5. The molecule has 0 aromatic heterocycles. The zero-order chi connectivity index (χ0) is 12.0. The molecule has 0 spiro atoms. The average Bonchev–Trinajstić information content (AvgIpc) is 2.28. The van der Waals surface area contributed by atoms with Gasteiger partial charge in [-0.3, -0.25) is 4.79 Å². The van der Waals surface area contributed by atoms with E-state index in [0.29, 0.717) is 23.2 Å². The Kier molecular flexibility index (Phi) is 5.28. The molecule has 16 heavy (non-hydrogen) atoms. The summed E-state index contributed by atoms with van der Waals surface area (Å²) >= 11 is 3.15. The molecule has 1 amide bonds. The fourth-order valence-electron chi connectivity index (χ4n) is 1.17. The molecule has 0 radical (unpaired) electrons. The Balaban J connectivity index is 2.50. The van der Waals surface area contributed by atoms with Crippen LogP contribution in [0, 0.1) is 0 Å². The van der Waals surface area contributed by atoms with E-state index in [-0.39, 0.29) is 11.7 Å². The minimum absolute atomic E-state index is 0.0598. The lowest BCUT2D eigenvalue weighted by Gasteiger charge is -2.05. The first-order valence-electron chi connectivity index (χ1n) is 4.91. The van der Waals surface area contributed by atoms with Crippen molar-refractivity contribution >= 4 is 21.8 Å². The Morgan fingerprint density at radius 3 is 2.94 bits per heavy atom. The molecule has 0 unspecified atom stereocenters. The maximum absolute atomic E-state index is 11.6. The summed E-state index contributed by atoms with van der Waals surface area (Å²) in [5, 5.41) is 12.1. The van der Waals surface area contributed by atoms with E-state index in [1.54, 1.807) is 19.2 Å². The number of phenolic OH excluding ortho intramolecular Hbond substituents is 1. The second-order valence-electron chi connectivity index (χ2n) is 3.27. The SMILES string of the molecule is COCCCNC(=O)c1ccc(Br)c(O)c1. The number of halogens is 1. The summed E-state index contributed by atoms with van der Waals surface area (Å²) in [7, 11) is 1.62. The lowest BCUT2D eigenvalue weighted by atomic mass is 10.2. The minimum Gasteiger partial charge on any atom is -0.507 e. The van der Waals surface area contributed by atoms with Gasteiger partial charge < -0.3 is 15.2 Å². The molecule has 0 saturated carbocycles. The van der Waals surface area contributed by atoms with Crippen LogP contribution in [0.5, 0.6) is 5.75 Å². The number of methoxy groups -OCH3 is 1. The lowest BCUT2D eigenvalue weighted by molar-refractivity contribution is 0.0948. The highest BCUT2D eigenvalue weighted by atomic mass is 79.9. The topological polar surface area (TPSA) is 58.6 Å². The van der Waals surface area contributed by atoms with Gasteiger partial charge in [0.25, 0.3) is 5.91 Å². The number of hydrogen-bond acceptors (Lipinski definition) is 3. The summed E-state index contributed by atoms with van der Waals surface area (Å²) in [5.74, 6) is -0.136. The highest BCUT2D eigenvalue weighted by molar-refractivity contribution is 9.10. The Bertz CT molecular complexity index is 368. The zero-order valence-corrected chi connectivity index (χ0v) is 10.6. The van der Waals surface area contributed by atoms with Gasteiger partial charge in [-0.25, -0.2) is 0 Å². The van der Waals surface area contributed by atoms with E-state index in [9.17, 15) is 9.90 Å². The van der Waals surface area contributed by atoms with E-state index in [1.165, 1.54) is 6.07 Å². The van der Waals surface area contributed by atoms with Crippen LogP contribution < -0.4 is 5.32 Å². The monoisotopic (exact) mass is 287 g/mol. The maximum Gasteiger partial charge on any atom is 0.251 e. The van der Waals surface area contributed by atoms with E-state index in [0.717, 1.165) is 6.42 Å². The van der Waals surface area contributed by atoms with Crippen molar-refractivity contribution in [2.24, 2.45) is 0 Å². The van der Waals surface area contributed by atoms with Crippen LogP contribution in [0.15, 0.2) is 22.7 Å². The van der Waals surface area contributed by atoms with Crippen molar-refractivity contribution in [3.8, 4) is 5.75 Å². The summed E-state index contributed by atoms with van der Waals surface area (Å²) < 4.78 is 5.44. The first-order valence-corrected chi connectivity index (χ1v) is 5.70. The average molecular weight is 288 g/mol. The largest absolute Gasteiger partial charge is 0.507 e. The molecule has 0 aliphatic rings. The summed E-state index contributed by atoms with van der Waals surface area (Å²) in [6, 6.07) is 4.71. The van der Waals surface area contributed by atoms with Crippen LogP contribution in [0.25, 0.3) is 0 Å². The first kappa shape index (κ1) is 13.0. The van der Waals surface area contributed by atoms with Crippen molar-refractivity contribution in [2.45, 2.75) is 6.42 Å². The molecular weight excluding hydrogens is 274 g/mol. The molecule has 0 fully saturated rings. The minimum atomic E-state index is -0.195. The van der Waals surface area contributed by atoms with E-state index in [1.807, 2.05) is 0 Å². The number of ether oxygens (including phenoxy) is 1. The fraction of sp³-hybridized carbons (Fsp3) is 0.364. The van der Waals surface area contributed by atoms with Crippen molar-refractivity contribution in [3.05, 3.63) is 28.2 Å². The van der Waals surface area contributed by atoms with Gasteiger partial charge in [-0.1, -0.05) is 0 Å². The number of aromatic hydroxyl groups is 1. The Hall–Kier alpha value is -1.07. The van der Waals surface area contributed by atoms with Crippen molar-refractivity contribution in [2.75, 3.05) is 20.3 Å². The number of nitrogens with one attached hydrogen (secondary N) is 1. The second kappa shape index (κ2) is 6.50. The van der Waals surface area contributed by atoms with Crippen LogP contribution in [0.4, 0.5) is 0 Å². The standard InChI is InChI=1S/C11H14BrNO3/c1-16-6-2-5-13-11(15)8-3-4-9(12)10(14)7-8/h3-4,7,14H,2,5-6H2,1H3,(H,13,15). The fourth-order valence-corrected chi connectivity index (χ4v) is 1.42. The molecule has 2 N–H and O–H groups in total. The van der Waals surface area contributed by atoms with Gasteiger partial charge in [0, 0.05) is 25.8 Å². The smallest absolute Gasteiger partial charge is 0.251 e. The van der Waals surface area contributed by atoms with Gasteiger partial charge in [-0.15, -0.1) is 0 Å². The van der Waals surface area contributed by atoms with Crippen LogP contribution >= 0.6 is 15.9 Å². The molecular formula is C11H14BrNO3. The summed E-state index contributed by atoms with van der Waals surface area (Å²) in [6.07, 6.45) is 0.769. The number of amides is 1. The normalized spacial score (nSPS) is 10.1. The van der Waals surface area contributed by atoms with Gasteiger partial charge in [-0.2, -0.15) is 0 Å². The van der Waals surface area contributed by atoms with Crippen LogP contribution in [0.2, 0.25) is 0 Å². The van der Waals surface area contributed by atoms with Gasteiger partial charge in [-0.05, 0) is 40.5 Å². The van der Waals surface area contributed by atoms with Crippen molar-refractivity contribution < 1.29 is 14.6 Å². The molecule has 0 atom stereocenters. The predicted octanol–water partition coefficient (Wildman–Crippen LogP) is 1.92. The van der Waals surface area contributed by atoms with E-state index < -0.39 is 0 Å². The molecule has 0 aliphatic carbocycles. The van der Waals surface area contributed by atoms with Crippen molar-refractivity contribution in [3.63, 3.8) is 0 Å². The number of carbonyl (C=O) groups is 1. The lowest BCUT2D eigenvalue weighted by Crippen LogP contribution is -2.25. The van der Waals surface area contributed by atoms with Gasteiger partial charge in [0.1, 0.15) is 5.75 Å². The molecule has 1 aromatic carbocycles. The maximum atomic E-state index is 11.6. The van der Waals surface area contributed by atoms with Gasteiger partial charge >= 0.3 is 0 Å². The molecule has 88 valence electrons. The summed E-state index contributed by atoms with van der Waals surface area (Å²) in [5.41, 5.74) is 0.443. The highest BCUT2D eigenvalue weighted by Crippen LogP contribution is 2.24. The van der Waals surface area contributed by atoms with Crippen LogP contribution in [0.1, 0.15) is 16.8 Å². The Labute approximate surface area is 103 Å². The number of phenols is 1. The third-order valence-electron chi connectivity index (χ3n) is 2.02. The van der Waals surface area contributed by atoms with Crippen molar-refractivity contribution in [1.82, 2.24) is 5.32 Å². The quantitative estimate of drug-likeness (QED) is 0.814. The molecule has 4 nitrogen and oxygen atoms in total. The van der Waals surface area contributed by atoms with Gasteiger partial charge in [0.15, 0.2) is 0 Å². The van der Waals surface area contributed by atoms with Crippen LogP contribution in [-0.4, -0.2) is 31.3 Å². The number of carbonyl (C=O) groups excluding carboxylic acids is 1. The number of benzene rings is 1. The molecule has 1 aromatic rings. The third-order valence-corrected chi connectivity index (χ3v) is 2.69. The molecule has 5 heteroatoms. The third kappa shape index (κ3) is 3.83. The Morgan fingerprint density at radius 2 is 2.31 bits per heavy atom. The zero-order valence-electron chi connectivity index (χ0n) is 9.00. The van der Waals surface area contributed by atoms with Gasteiger partial charge in [0.2, 0.25) is 0 Å². The van der Waals surface area contributed by atoms with Crippen molar-refractivity contribution in [1.29, 1.82) is 0 Å². The summed E-state index contributed by atoms with van der Waals surface area (Å²) in [4.78, 5) is 11.6. The van der Waals surface area contributed by atoms with E-state index in [2.05, 4.69) is 21.2 Å². The highest BCUT2D eigenvalue weighted by Gasteiger charge is 2.07. The van der Waals surface area contributed by atoms with Crippen LogP contribution in [0.3, 0.4) is 0 Å². The second-order valence-corrected chi connectivity index (χ2v) is 4.12. The van der Waals surface area contributed by atoms with E-state index >= 15 is 0 Å².